The Kier molecular flexibility index (Phi) is 3.56. The Balaban J connectivity index is 1.82. The van der Waals surface area contributed by atoms with E-state index >= 15 is 0 Å². The summed E-state index contributed by atoms with van der Waals surface area (Å²) in [6.45, 7) is 2.29. The Morgan fingerprint density at radius 3 is 2.58 bits per heavy atom. The van der Waals surface area contributed by atoms with Crippen molar-refractivity contribution in [3.8, 4) is 0 Å². The Morgan fingerprint density at radius 1 is 1.11 bits per heavy atom. The van der Waals surface area contributed by atoms with E-state index in [1.807, 2.05) is 11.1 Å². The van der Waals surface area contributed by atoms with Gasteiger partial charge in [0, 0.05) is 18.2 Å². The van der Waals surface area contributed by atoms with Crippen molar-refractivity contribution in [3.63, 3.8) is 0 Å². The summed E-state index contributed by atoms with van der Waals surface area (Å²) < 4.78 is 0. The molecule has 19 heavy (non-hydrogen) atoms. The molecule has 1 aliphatic carbocycles. The van der Waals surface area contributed by atoms with Crippen LogP contribution < -0.4 is 10.3 Å². The van der Waals surface area contributed by atoms with E-state index in [2.05, 4.69) is 36.6 Å². The van der Waals surface area contributed by atoms with E-state index in [1.165, 1.54) is 43.5 Å². The maximum absolute atomic E-state index is 4.95. The van der Waals surface area contributed by atoms with Crippen molar-refractivity contribution in [1.29, 1.82) is 0 Å². The van der Waals surface area contributed by atoms with Gasteiger partial charge in [-0.15, -0.1) is 0 Å². The minimum atomic E-state index is 0.397. The van der Waals surface area contributed by atoms with Crippen LogP contribution >= 0.6 is 0 Å². The van der Waals surface area contributed by atoms with E-state index in [0.29, 0.717) is 5.41 Å². The van der Waals surface area contributed by atoms with Crippen LogP contribution in [0.3, 0.4) is 0 Å². The number of hydrazone groups is 1. The number of nitrogens with one attached hydrogen (secondary N) is 1. The first kappa shape index (κ1) is 12.7. The molecule has 1 N–H and O–H groups in total. The summed E-state index contributed by atoms with van der Waals surface area (Å²) in [4.78, 5) is 0. The van der Waals surface area contributed by atoms with Gasteiger partial charge in [-0.1, -0.05) is 18.2 Å². The molecule has 0 aromatic heterocycles. The zero-order chi connectivity index (χ0) is 13.1. The normalized spacial score (nSPS) is 23.9. The van der Waals surface area contributed by atoms with Crippen molar-refractivity contribution in [2.24, 2.45) is 10.5 Å². The molecule has 0 atom stereocenters. The third-order valence-corrected chi connectivity index (χ3v) is 4.64. The zero-order valence-corrected chi connectivity index (χ0v) is 11.7. The van der Waals surface area contributed by atoms with Crippen molar-refractivity contribution < 1.29 is 0 Å². The summed E-state index contributed by atoms with van der Waals surface area (Å²) in [6.07, 6.45) is 6.33. The molecule has 3 nitrogen and oxygen atoms in total. The summed E-state index contributed by atoms with van der Waals surface area (Å²) in [6, 6.07) is 10.4. The summed E-state index contributed by atoms with van der Waals surface area (Å²) in [7, 11) is 2.06. The SMILES string of the molecule is CN(/N=C1\CCCC12CCNCC2)c1ccccc1. The number of para-hydroxylation sites is 1. The number of hydrogen-bond acceptors (Lipinski definition) is 3. The molecule has 102 valence electrons. The molecular formula is C16H23N3. The number of nitrogens with zero attached hydrogens (tertiary/aromatic N) is 2. The van der Waals surface area contributed by atoms with Gasteiger partial charge in [-0.25, -0.2) is 0 Å². The Hall–Kier alpha value is -1.35. The van der Waals surface area contributed by atoms with Crippen LogP contribution in [0, 0.1) is 5.41 Å². The molecule has 1 heterocycles. The summed E-state index contributed by atoms with van der Waals surface area (Å²) >= 11 is 0. The monoisotopic (exact) mass is 257 g/mol. The average Bonchev–Trinajstić information content (AvgIpc) is 2.83. The topological polar surface area (TPSA) is 27.6 Å². The van der Waals surface area contributed by atoms with E-state index < -0.39 is 0 Å². The van der Waals surface area contributed by atoms with Crippen molar-refractivity contribution in [1.82, 2.24) is 5.32 Å². The molecule has 1 saturated heterocycles. The van der Waals surface area contributed by atoms with Gasteiger partial charge in [-0.3, -0.25) is 5.01 Å². The molecule has 0 radical (unpaired) electrons. The maximum Gasteiger partial charge on any atom is 0.0590 e. The second kappa shape index (κ2) is 5.33. The van der Waals surface area contributed by atoms with E-state index in [9.17, 15) is 0 Å². The highest BCUT2D eigenvalue weighted by Gasteiger charge is 2.40. The van der Waals surface area contributed by atoms with Crippen LogP contribution in [0.2, 0.25) is 0 Å². The predicted octanol–water partition coefficient (Wildman–Crippen LogP) is 3.03. The molecule has 1 aromatic rings. The van der Waals surface area contributed by atoms with Gasteiger partial charge in [0.15, 0.2) is 0 Å². The molecule has 3 rings (SSSR count). The van der Waals surface area contributed by atoms with Crippen molar-refractivity contribution in [2.75, 3.05) is 25.1 Å². The van der Waals surface area contributed by atoms with Crippen LogP contribution in [0.1, 0.15) is 32.1 Å². The lowest BCUT2D eigenvalue weighted by Gasteiger charge is -2.35. The zero-order valence-electron chi connectivity index (χ0n) is 11.7. The molecule has 0 amide bonds. The molecule has 1 aliphatic heterocycles. The molecule has 0 bridgehead atoms. The maximum atomic E-state index is 4.95. The van der Waals surface area contributed by atoms with Crippen LogP contribution in [0.5, 0.6) is 0 Å². The molecule has 2 fully saturated rings. The van der Waals surface area contributed by atoms with Gasteiger partial charge >= 0.3 is 0 Å². The minimum Gasteiger partial charge on any atom is -0.317 e. The van der Waals surface area contributed by atoms with Gasteiger partial charge < -0.3 is 5.32 Å². The largest absolute Gasteiger partial charge is 0.317 e. The highest BCUT2D eigenvalue weighted by molar-refractivity contribution is 5.92. The van der Waals surface area contributed by atoms with Gasteiger partial charge in [0.2, 0.25) is 0 Å². The quantitative estimate of drug-likeness (QED) is 0.825. The van der Waals surface area contributed by atoms with E-state index in [-0.39, 0.29) is 0 Å². The van der Waals surface area contributed by atoms with Crippen LogP contribution in [0.25, 0.3) is 0 Å². The lowest BCUT2D eigenvalue weighted by atomic mass is 9.76. The second-order valence-electron chi connectivity index (χ2n) is 5.79. The number of piperidine rings is 1. The molecule has 1 aromatic carbocycles. The van der Waals surface area contributed by atoms with Crippen molar-refractivity contribution in [2.45, 2.75) is 32.1 Å². The Labute approximate surface area is 115 Å². The third kappa shape index (κ3) is 2.52. The number of benzene rings is 1. The number of anilines is 1. The molecule has 2 aliphatic rings. The van der Waals surface area contributed by atoms with Crippen LogP contribution in [0.15, 0.2) is 35.4 Å². The average molecular weight is 257 g/mol. The first-order valence-corrected chi connectivity index (χ1v) is 7.38. The molecule has 1 spiro atoms. The van der Waals surface area contributed by atoms with Gasteiger partial charge in [0.1, 0.15) is 0 Å². The van der Waals surface area contributed by atoms with Gasteiger partial charge in [-0.2, -0.15) is 5.10 Å². The van der Waals surface area contributed by atoms with Gasteiger partial charge in [0.25, 0.3) is 0 Å². The fraction of sp³-hybridized carbons (Fsp3) is 0.562. The summed E-state index contributed by atoms with van der Waals surface area (Å²) in [5, 5.41) is 10.5. The minimum absolute atomic E-state index is 0.397. The van der Waals surface area contributed by atoms with Gasteiger partial charge in [-0.05, 0) is 57.3 Å². The van der Waals surface area contributed by atoms with Crippen molar-refractivity contribution in [3.05, 3.63) is 30.3 Å². The number of hydrogen-bond donors (Lipinski definition) is 1. The van der Waals surface area contributed by atoms with Crippen LogP contribution in [0.4, 0.5) is 5.69 Å². The fourth-order valence-corrected chi connectivity index (χ4v) is 3.49. The van der Waals surface area contributed by atoms with E-state index in [4.69, 9.17) is 5.10 Å². The standard InChI is InChI=1S/C16H23N3/c1-19(14-6-3-2-4-7-14)18-15-8-5-9-16(15)10-12-17-13-11-16/h2-4,6-7,17H,5,8-13H2,1H3/b18-15+. The lowest BCUT2D eigenvalue weighted by Crippen LogP contribution is -2.40. The summed E-state index contributed by atoms with van der Waals surface area (Å²) in [5.41, 5.74) is 3.00. The highest BCUT2D eigenvalue weighted by atomic mass is 15.4. The predicted molar refractivity (Wildman–Crippen MR) is 80.7 cm³/mol. The number of rotatable bonds is 2. The van der Waals surface area contributed by atoms with Crippen molar-refractivity contribution >= 4 is 11.4 Å². The Bertz CT molecular complexity index is 446. The second-order valence-corrected chi connectivity index (χ2v) is 5.79. The van der Waals surface area contributed by atoms with Gasteiger partial charge in [0.05, 0.1) is 5.69 Å². The summed E-state index contributed by atoms with van der Waals surface area (Å²) in [5.74, 6) is 0. The van der Waals surface area contributed by atoms with E-state index in [0.717, 1.165) is 13.1 Å². The molecular weight excluding hydrogens is 234 g/mol. The van der Waals surface area contributed by atoms with E-state index in [1.54, 1.807) is 0 Å². The fourth-order valence-electron chi connectivity index (χ4n) is 3.49. The molecule has 3 heteroatoms. The Morgan fingerprint density at radius 2 is 1.84 bits per heavy atom. The van der Waals surface area contributed by atoms with Crippen LogP contribution in [-0.2, 0) is 0 Å². The first-order valence-electron chi connectivity index (χ1n) is 7.38. The van der Waals surface area contributed by atoms with Crippen LogP contribution in [-0.4, -0.2) is 25.8 Å². The molecule has 1 saturated carbocycles. The lowest BCUT2D eigenvalue weighted by molar-refractivity contribution is 0.296. The smallest absolute Gasteiger partial charge is 0.0590 e. The third-order valence-electron chi connectivity index (χ3n) is 4.64. The highest BCUT2D eigenvalue weighted by Crippen LogP contribution is 2.43. The molecule has 0 unspecified atom stereocenters. The first-order chi connectivity index (χ1) is 9.30.